The summed E-state index contributed by atoms with van der Waals surface area (Å²) in [6.45, 7) is 0.421. The Kier molecular flexibility index (Phi) is 6.64. The highest BCUT2D eigenvalue weighted by Gasteiger charge is 2.17. The van der Waals surface area contributed by atoms with Crippen molar-refractivity contribution >= 4 is 0 Å². The molecule has 0 saturated carbocycles. The standard InChI is InChI=1S/C33H24N4O/c1-2-11-24(12-3-1)23-38-33-25(27-17-9-19-31(36-27)29-15-4-6-21-34-29)13-8-14-26(33)28-18-10-20-32(37-28)30-16-5-7-22-35-30/h1-22H,23H2. The highest BCUT2D eigenvalue weighted by molar-refractivity contribution is 5.81. The van der Waals surface area contributed by atoms with Gasteiger partial charge in [0.2, 0.25) is 0 Å². The molecule has 0 spiro atoms. The summed E-state index contributed by atoms with van der Waals surface area (Å²) in [6, 6.07) is 39.8. The molecule has 0 aliphatic heterocycles. The van der Waals surface area contributed by atoms with Gasteiger partial charge >= 0.3 is 0 Å². The van der Waals surface area contributed by atoms with Crippen LogP contribution in [0.1, 0.15) is 5.56 Å². The number of nitrogens with zero attached hydrogens (tertiary/aromatic N) is 4. The first-order valence-electron chi connectivity index (χ1n) is 12.4. The second-order valence-electron chi connectivity index (χ2n) is 8.70. The predicted octanol–water partition coefficient (Wildman–Crippen LogP) is 7.51. The Morgan fingerprint density at radius 2 is 0.895 bits per heavy atom. The summed E-state index contributed by atoms with van der Waals surface area (Å²) < 4.78 is 6.54. The number of rotatable bonds is 7. The zero-order valence-corrected chi connectivity index (χ0v) is 20.6. The lowest BCUT2D eigenvalue weighted by atomic mass is 10.0. The minimum Gasteiger partial charge on any atom is -0.487 e. The van der Waals surface area contributed by atoms with Gasteiger partial charge in [0.15, 0.2) is 0 Å². The molecule has 4 aromatic heterocycles. The van der Waals surface area contributed by atoms with Gasteiger partial charge in [0.05, 0.1) is 34.2 Å². The van der Waals surface area contributed by atoms with Gasteiger partial charge in [-0.25, -0.2) is 9.97 Å². The maximum atomic E-state index is 6.54. The number of para-hydroxylation sites is 1. The number of hydrogen-bond acceptors (Lipinski definition) is 5. The quantitative estimate of drug-likeness (QED) is 0.231. The largest absolute Gasteiger partial charge is 0.487 e. The monoisotopic (exact) mass is 492 g/mol. The normalized spacial score (nSPS) is 10.7. The molecule has 0 N–H and O–H groups in total. The van der Waals surface area contributed by atoms with E-state index in [1.165, 1.54) is 0 Å². The molecule has 0 atom stereocenters. The molecule has 4 heterocycles. The van der Waals surface area contributed by atoms with E-state index >= 15 is 0 Å². The average Bonchev–Trinajstić information content (AvgIpc) is 3.01. The van der Waals surface area contributed by atoms with E-state index in [9.17, 15) is 0 Å². The van der Waals surface area contributed by atoms with Crippen molar-refractivity contribution in [2.75, 3.05) is 0 Å². The Morgan fingerprint density at radius 1 is 0.421 bits per heavy atom. The van der Waals surface area contributed by atoms with Crippen molar-refractivity contribution in [3.63, 3.8) is 0 Å². The Balaban J connectivity index is 1.46. The van der Waals surface area contributed by atoms with Crippen LogP contribution in [0.4, 0.5) is 0 Å². The second-order valence-corrected chi connectivity index (χ2v) is 8.70. The minimum absolute atomic E-state index is 0.421. The molecule has 6 aromatic rings. The van der Waals surface area contributed by atoms with Crippen molar-refractivity contribution in [2.24, 2.45) is 0 Å². The first-order chi connectivity index (χ1) is 18.8. The van der Waals surface area contributed by atoms with Crippen LogP contribution in [-0.4, -0.2) is 19.9 Å². The molecule has 0 aliphatic rings. The number of aromatic nitrogens is 4. The lowest BCUT2D eigenvalue weighted by Gasteiger charge is -2.17. The number of benzene rings is 2. The van der Waals surface area contributed by atoms with E-state index in [4.69, 9.17) is 14.7 Å². The van der Waals surface area contributed by atoms with Gasteiger partial charge in [0.25, 0.3) is 0 Å². The predicted molar refractivity (Wildman–Crippen MR) is 150 cm³/mol. The summed E-state index contributed by atoms with van der Waals surface area (Å²) in [4.78, 5) is 18.9. The van der Waals surface area contributed by atoms with Crippen molar-refractivity contribution < 1.29 is 4.74 Å². The van der Waals surface area contributed by atoms with Gasteiger partial charge in [0.1, 0.15) is 12.4 Å². The highest BCUT2D eigenvalue weighted by Crippen LogP contribution is 2.39. The fraction of sp³-hybridized carbons (Fsp3) is 0.0303. The molecule has 2 aromatic carbocycles. The van der Waals surface area contributed by atoms with Gasteiger partial charge in [0, 0.05) is 23.5 Å². The summed E-state index contributed by atoms with van der Waals surface area (Å²) >= 11 is 0. The Hall–Kier alpha value is -5.16. The molecule has 0 bridgehead atoms. The zero-order chi connectivity index (χ0) is 25.6. The van der Waals surface area contributed by atoms with E-state index < -0.39 is 0 Å². The minimum atomic E-state index is 0.421. The van der Waals surface area contributed by atoms with E-state index in [-0.39, 0.29) is 0 Å². The maximum Gasteiger partial charge on any atom is 0.138 e. The lowest BCUT2D eigenvalue weighted by Crippen LogP contribution is -2.01. The van der Waals surface area contributed by atoms with Crippen LogP contribution in [0.15, 0.2) is 134 Å². The van der Waals surface area contributed by atoms with Crippen LogP contribution >= 0.6 is 0 Å². The van der Waals surface area contributed by atoms with Crippen molar-refractivity contribution in [3.8, 4) is 51.0 Å². The Morgan fingerprint density at radius 3 is 1.42 bits per heavy atom. The van der Waals surface area contributed by atoms with Crippen LogP contribution in [0.25, 0.3) is 45.3 Å². The molecule has 0 radical (unpaired) electrons. The molecule has 0 saturated heterocycles. The summed E-state index contributed by atoms with van der Waals surface area (Å²) in [6.07, 6.45) is 3.55. The van der Waals surface area contributed by atoms with Crippen LogP contribution in [0.5, 0.6) is 5.75 Å². The van der Waals surface area contributed by atoms with Crippen LogP contribution in [0, 0.1) is 0 Å². The lowest BCUT2D eigenvalue weighted by molar-refractivity contribution is 0.308. The first kappa shape index (κ1) is 23.3. The third-order valence-electron chi connectivity index (χ3n) is 6.15. The smallest absolute Gasteiger partial charge is 0.138 e. The summed E-state index contributed by atoms with van der Waals surface area (Å²) in [5.74, 6) is 0.729. The third-order valence-corrected chi connectivity index (χ3v) is 6.15. The summed E-state index contributed by atoms with van der Waals surface area (Å²) in [5.41, 5.74) is 7.72. The van der Waals surface area contributed by atoms with Crippen LogP contribution < -0.4 is 4.74 Å². The summed E-state index contributed by atoms with van der Waals surface area (Å²) in [5, 5.41) is 0. The van der Waals surface area contributed by atoms with E-state index in [1.54, 1.807) is 12.4 Å². The Bertz CT molecular complexity index is 1550. The molecule has 38 heavy (non-hydrogen) atoms. The van der Waals surface area contributed by atoms with E-state index in [2.05, 4.69) is 22.1 Å². The first-order valence-corrected chi connectivity index (χ1v) is 12.4. The van der Waals surface area contributed by atoms with Gasteiger partial charge in [-0.1, -0.05) is 60.7 Å². The fourth-order valence-electron chi connectivity index (χ4n) is 4.31. The topological polar surface area (TPSA) is 60.8 Å². The van der Waals surface area contributed by atoms with Crippen molar-refractivity contribution in [1.82, 2.24) is 19.9 Å². The van der Waals surface area contributed by atoms with Crippen LogP contribution in [0.2, 0.25) is 0 Å². The third kappa shape index (κ3) is 5.04. The van der Waals surface area contributed by atoms with Crippen LogP contribution in [0.3, 0.4) is 0 Å². The fourth-order valence-corrected chi connectivity index (χ4v) is 4.31. The number of hydrogen-bond donors (Lipinski definition) is 0. The van der Waals surface area contributed by atoms with E-state index in [0.717, 1.165) is 56.6 Å². The average molecular weight is 493 g/mol. The highest BCUT2D eigenvalue weighted by atomic mass is 16.5. The molecule has 5 heteroatoms. The SMILES string of the molecule is c1ccc(COc2c(-c3cccc(-c4ccccn4)n3)cccc2-c2cccc(-c3ccccn3)n2)cc1. The van der Waals surface area contributed by atoms with Gasteiger partial charge in [-0.15, -0.1) is 0 Å². The molecule has 0 aliphatic carbocycles. The molecule has 0 unspecified atom stereocenters. The van der Waals surface area contributed by atoms with E-state index in [1.807, 2.05) is 109 Å². The molecule has 6 rings (SSSR count). The summed E-state index contributed by atoms with van der Waals surface area (Å²) in [7, 11) is 0. The molecular formula is C33H24N4O. The number of pyridine rings is 4. The Labute approximate surface area is 221 Å². The van der Waals surface area contributed by atoms with Crippen molar-refractivity contribution in [2.45, 2.75) is 6.61 Å². The molecule has 5 nitrogen and oxygen atoms in total. The second kappa shape index (κ2) is 10.8. The molecule has 0 fully saturated rings. The van der Waals surface area contributed by atoms with Crippen LogP contribution in [-0.2, 0) is 6.61 Å². The molecular weight excluding hydrogens is 468 g/mol. The molecule has 182 valence electrons. The van der Waals surface area contributed by atoms with E-state index in [0.29, 0.717) is 6.61 Å². The maximum absolute atomic E-state index is 6.54. The van der Waals surface area contributed by atoms with Crippen molar-refractivity contribution in [1.29, 1.82) is 0 Å². The molecule has 0 amide bonds. The van der Waals surface area contributed by atoms with Gasteiger partial charge in [-0.3, -0.25) is 9.97 Å². The van der Waals surface area contributed by atoms with Crippen molar-refractivity contribution in [3.05, 3.63) is 139 Å². The van der Waals surface area contributed by atoms with Gasteiger partial charge in [-0.05, 0) is 66.2 Å². The zero-order valence-electron chi connectivity index (χ0n) is 20.6. The van der Waals surface area contributed by atoms with Gasteiger partial charge in [-0.2, -0.15) is 0 Å². The van der Waals surface area contributed by atoms with Gasteiger partial charge < -0.3 is 4.74 Å². The number of ether oxygens (including phenoxy) is 1.